The summed E-state index contributed by atoms with van der Waals surface area (Å²) >= 11 is 0. The summed E-state index contributed by atoms with van der Waals surface area (Å²) in [6.45, 7) is 5.26. The van der Waals surface area contributed by atoms with Gasteiger partial charge in [0.2, 0.25) is 11.8 Å². The quantitative estimate of drug-likeness (QED) is 0.821. The fourth-order valence-corrected chi connectivity index (χ4v) is 4.17. The molecule has 2 aliphatic rings. The molecule has 26 heavy (non-hydrogen) atoms. The minimum atomic E-state index is -0.0628. The highest BCUT2D eigenvalue weighted by atomic mass is 16.2. The van der Waals surface area contributed by atoms with Crippen LogP contribution in [0.2, 0.25) is 0 Å². The van der Waals surface area contributed by atoms with Crippen molar-refractivity contribution in [1.82, 2.24) is 15.5 Å². The lowest BCUT2D eigenvalue weighted by Gasteiger charge is -2.35. The monoisotopic (exact) mass is 357 g/mol. The molecule has 2 N–H and O–H groups in total. The van der Waals surface area contributed by atoms with Gasteiger partial charge in [0.1, 0.15) is 0 Å². The molecule has 142 valence electrons. The SMILES string of the molecule is CCC(C(=O)N1CCCC(CNC(=O)C2CCCN2)C1)c1ccccc1. The normalized spacial score (nSPS) is 24.3. The van der Waals surface area contributed by atoms with E-state index in [9.17, 15) is 9.59 Å². The lowest BCUT2D eigenvalue weighted by Crippen LogP contribution is -2.47. The number of benzene rings is 1. The van der Waals surface area contributed by atoms with E-state index in [1.807, 2.05) is 35.2 Å². The maximum atomic E-state index is 13.1. The Bertz CT molecular complexity index is 599. The Kier molecular flexibility index (Phi) is 6.67. The second-order valence-electron chi connectivity index (χ2n) is 7.56. The van der Waals surface area contributed by atoms with Crippen molar-refractivity contribution in [3.8, 4) is 0 Å². The topological polar surface area (TPSA) is 61.4 Å². The Morgan fingerprint density at radius 2 is 2.04 bits per heavy atom. The molecular weight excluding hydrogens is 326 g/mol. The van der Waals surface area contributed by atoms with Crippen molar-refractivity contribution in [2.24, 2.45) is 5.92 Å². The zero-order chi connectivity index (χ0) is 18.4. The van der Waals surface area contributed by atoms with Crippen LogP contribution in [0.1, 0.15) is 50.5 Å². The van der Waals surface area contributed by atoms with Crippen LogP contribution in [0, 0.1) is 5.92 Å². The van der Waals surface area contributed by atoms with Crippen molar-refractivity contribution < 1.29 is 9.59 Å². The van der Waals surface area contributed by atoms with E-state index in [0.29, 0.717) is 12.5 Å². The summed E-state index contributed by atoms with van der Waals surface area (Å²) in [5, 5.41) is 6.32. The van der Waals surface area contributed by atoms with Crippen molar-refractivity contribution in [2.75, 3.05) is 26.2 Å². The molecule has 0 aromatic heterocycles. The number of hydrogen-bond donors (Lipinski definition) is 2. The van der Waals surface area contributed by atoms with Gasteiger partial charge in [-0.15, -0.1) is 0 Å². The maximum absolute atomic E-state index is 13.1. The molecule has 0 radical (unpaired) electrons. The number of piperidine rings is 1. The first-order valence-electron chi connectivity index (χ1n) is 10.0. The van der Waals surface area contributed by atoms with Crippen LogP contribution < -0.4 is 10.6 Å². The minimum Gasteiger partial charge on any atom is -0.354 e. The molecule has 2 amide bonds. The Morgan fingerprint density at radius 1 is 1.23 bits per heavy atom. The van der Waals surface area contributed by atoms with Gasteiger partial charge in [-0.2, -0.15) is 0 Å². The molecule has 3 atom stereocenters. The van der Waals surface area contributed by atoms with E-state index < -0.39 is 0 Å². The summed E-state index contributed by atoms with van der Waals surface area (Å²) < 4.78 is 0. The van der Waals surface area contributed by atoms with Gasteiger partial charge in [-0.1, -0.05) is 37.3 Å². The highest BCUT2D eigenvalue weighted by molar-refractivity contribution is 5.84. The van der Waals surface area contributed by atoms with Gasteiger partial charge in [-0.05, 0) is 50.1 Å². The minimum absolute atomic E-state index is 0.0288. The van der Waals surface area contributed by atoms with Crippen LogP contribution in [0.4, 0.5) is 0 Å². The lowest BCUT2D eigenvalue weighted by molar-refractivity contribution is -0.134. The Labute approximate surface area is 156 Å². The third kappa shape index (κ3) is 4.64. The number of rotatable bonds is 6. The second-order valence-corrected chi connectivity index (χ2v) is 7.56. The fourth-order valence-electron chi connectivity index (χ4n) is 4.17. The van der Waals surface area contributed by atoms with Crippen LogP contribution in [0.5, 0.6) is 0 Å². The second kappa shape index (κ2) is 9.17. The highest BCUT2D eigenvalue weighted by Gasteiger charge is 2.29. The number of nitrogens with zero attached hydrogens (tertiary/aromatic N) is 1. The first-order chi connectivity index (χ1) is 12.7. The highest BCUT2D eigenvalue weighted by Crippen LogP contribution is 2.25. The Hall–Kier alpha value is -1.88. The van der Waals surface area contributed by atoms with E-state index >= 15 is 0 Å². The van der Waals surface area contributed by atoms with Gasteiger partial charge in [0.05, 0.1) is 12.0 Å². The predicted octanol–water partition coefficient (Wildman–Crippen LogP) is 2.29. The molecule has 5 heteroatoms. The summed E-state index contributed by atoms with van der Waals surface area (Å²) in [5.74, 6) is 0.632. The first-order valence-corrected chi connectivity index (χ1v) is 10.0. The van der Waals surface area contributed by atoms with Crippen molar-refractivity contribution in [1.29, 1.82) is 0 Å². The summed E-state index contributed by atoms with van der Waals surface area (Å²) in [4.78, 5) is 27.2. The smallest absolute Gasteiger partial charge is 0.237 e. The number of hydrogen-bond acceptors (Lipinski definition) is 3. The lowest BCUT2D eigenvalue weighted by atomic mass is 9.92. The van der Waals surface area contributed by atoms with Gasteiger partial charge in [0.15, 0.2) is 0 Å². The van der Waals surface area contributed by atoms with E-state index in [2.05, 4.69) is 17.6 Å². The molecule has 5 nitrogen and oxygen atoms in total. The van der Waals surface area contributed by atoms with Gasteiger partial charge in [0.25, 0.3) is 0 Å². The molecule has 3 unspecified atom stereocenters. The molecule has 2 saturated heterocycles. The number of carbonyl (C=O) groups excluding carboxylic acids is 2. The van der Waals surface area contributed by atoms with E-state index in [-0.39, 0.29) is 23.8 Å². The standard InChI is InChI=1S/C21H31N3O2/c1-2-18(17-9-4-3-5-10-17)21(26)24-13-7-8-16(15-24)14-23-20(25)19-11-6-12-22-19/h3-5,9-10,16,18-19,22H,2,6-8,11-15H2,1H3,(H,23,25). The van der Waals surface area contributed by atoms with Crippen molar-refractivity contribution in [3.05, 3.63) is 35.9 Å². The summed E-state index contributed by atoms with van der Waals surface area (Å²) in [5.41, 5.74) is 1.10. The molecule has 3 rings (SSSR count). The molecule has 0 aliphatic carbocycles. The Morgan fingerprint density at radius 3 is 2.73 bits per heavy atom. The van der Waals surface area contributed by atoms with Gasteiger partial charge >= 0.3 is 0 Å². The van der Waals surface area contributed by atoms with Crippen LogP contribution in [-0.2, 0) is 9.59 Å². The van der Waals surface area contributed by atoms with Gasteiger partial charge in [0, 0.05) is 19.6 Å². The zero-order valence-electron chi connectivity index (χ0n) is 15.7. The Balaban J connectivity index is 1.53. The zero-order valence-corrected chi connectivity index (χ0v) is 15.7. The summed E-state index contributed by atoms with van der Waals surface area (Å²) in [7, 11) is 0. The van der Waals surface area contributed by atoms with Gasteiger partial charge in [-0.3, -0.25) is 9.59 Å². The number of carbonyl (C=O) groups is 2. The van der Waals surface area contributed by atoms with E-state index in [4.69, 9.17) is 0 Å². The molecule has 0 bridgehead atoms. The van der Waals surface area contributed by atoms with Crippen molar-refractivity contribution in [3.63, 3.8) is 0 Å². The third-order valence-corrected chi connectivity index (χ3v) is 5.68. The third-order valence-electron chi connectivity index (χ3n) is 5.68. The molecule has 1 aromatic carbocycles. The van der Waals surface area contributed by atoms with Crippen LogP contribution in [-0.4, -0.2) is 48.9 Å². The maximum Gasteiger partial charge on any atom is 0.237 e. The molecular formula is C21H31N3O2. The van der Waals surface area contributed by atoms with Crippen LogP contribution in [0.15, 0.2) is 30.3 Å². The average Bonchev–Trinajstić information content (AvgIpc) is 3.23. The predicted molar refractivity (Wildman–Crippen MR) is 103 cm³/mol. The van der Waals surface area contributed by atoms with Crippen LogP contribution >= 0.6 is 0 Å². The number of nitrogens with one attached hydrogen (secondary N) is 2. The molecule has 2 aliphatic heterocycles. The van der Waals surface area contributed by atoms with Crippen molar-refractivity contribution >= 4 is 11.8 Å². The van der Waals surface area contributed by atoms with E-state index in [0.717, 1.165) is 57.3 Å². The average molecular weight is 357 g/mol. The number of likely N-dealkylation sites (tertiary alicyclic amines) is 1. The summed E-state index contributed by atoms with van der Waals surface area (Å²) in [6, 6.07) is 10.0. The molecule has 2 fully saturated rings. The van der Waals surface area contributed by atoms with E-state index in [1.165, 1.54) is 0 Å². The molecule has 2 heterocycles. The van der Waals surface area contributed by atoms with E-state index in [1.54, 1.807) is 0 Å². The van der Waals surface area contributed by atoms with Gasteiger partial charge < -0.3 is 15.5 Å². The number of amides is 2. The molecule has 1 aromatic rings. The molecule has 0 saturated carbocycles. The summed E-state index contributed by atoms with van der Waals surface area (Å²) in [6.07, 6.45) is 4.90. The fraction of sp³-hybridized carbons (Fsp3) is 0.619. The van der Waals surface area contributed by atoms with Crippen molar-refractivity contribution in [2.45, 2.75) is 51.0 Å². The first kappa shape index (κ1) is 18.9. The van der Waals surface area contributed by atoms with Crippen LogP contribution in [0.25, 0.3) is 0 Å². The van der Waals surface area contributed by atoms with Gasteiger partial charge in [-0.25, -0.2) is 0 Å². The molecule has 0 spiro atoms. The van der Waals surface area contributed by atoms with Crippen LogP contribution in [0.3, 0.4) is 0 Å². The largest absolute Gasteiger partial charge is 0.354 e.